The maximum Gasteiger partial charge on any atom is 0.262 e. The summed E-state index contributed by atoms with van der Waals surface area (Å²) in [7, 11) is -1.97. The van der Waals surface area contributed by atoms with E-state index in [1.165, 1.54) is 28.7 Å². The van der Waals surface area contributed by atoms with Crippen LogP contribution in [0.2, 0.25) is 0 Å². The van der Waals surface area contributed by atoms with Crippen molar-refractivity contribution >= 4 is 15.9 Å². The largest absolute Gasteiger partial charge is 0.355 e. The highest BCUT2D eigenvalue weighted by Gasteiger charge is 2.41. The molecular weight excluding hydrogens is 450 g/mol. The highest BCUT2D eigenvalue weighted by molar-refractivity contribution is 7.89. The lowest BCUT2D eigenvalue weighted by molar-refractivity contribution is -0.126. The Morgan fingerprint density at radius 3 is 2.33 bits per heavy atom. The molecule has 0 radical (unpaired) electrons. The van der Waals surface area contributed by atoms with Crippen LogP contribution in [-0.4, -0.2) is 47.8 Å². The number of sulfonamides is 1. The number of amides is 1. The number of carbonyl (C=O) groups excluding carboxylic acids is 1. The fourth-order valence-electron chi connectivity index (χ4n) is 5.11. The van der Waals surface area contributed by atoms with Crippen molar-refractivity contribution in [2.45, 2.75) is 55.9 Å². The maximum absolute atomic E-state index is 14.5. The molecule has 1 aromatic heterocycles. The Morgan fingerprint density at radius 1 is 1.18 bits per heavy atom. The number of nitrogens with zero attached hydrogens (tertiary/aromatic N) is 3. The van der Waals surface area contributed by atoms with Crippen molar-refractivity contribution in [1.82, 2.24) is 19.2 Å². The Hall–Kier alpha value is -2.33. The Labute approximate surface area is 193 Å². The number of benzene rings is 1. The zero-order chi connectivity index (χ0) is 23.8. The van der Waals surface area contributed by atoms with Crippen LogP contribution in [0.25, 0.3) is 0 Å². The molecule has 10 heteroatoms. The summed E-state index contributed by atoms with van der Waals surface area (Å²) in [4.78, 5) is 17.0. The van der Waals surface area contributed by atoms with Crippen LogP contribution < -0.4 is 5.32 Å². The molecule has 0 atom stereocenters. The smallest absolute Gasteiger partial charge is 0.262 e. The first-order valence-corrected chi connectivity index (χ1v) is 12.8. The van der Waals surface area contributed by atoms with Crippen LogP contribution in [0.5, 0.6) is 0 Å². The van der Waals surface area contributed by atoms with Gasteiger partial charge in [0.15, 0.2) is 5.03 Å². The second kappa shape index (κ2) is 9.13. The van der Waals surface area contributed by atoms with Crippen LogP contribution in [0.3, 0.4) is 0 Å². The summed E-state index contributed by atoms with van der Waals surface area (Å²) in [6, 6.07) is 3.88. The SMILES string of the molecule is Cc1nc(S(=O)(=O)N2CCC(C(=O)NCC3(c4c(F)cccc4F)CCCC3)CC2)cn1C. The average Bonchev–Trinajstić information content (AvgIpc) is 3.39. The Balaban J connectivity index is 1.39. The summed E-state index contributed by atoms with van der Waals surface area (Å²) in [6.07, 6.45) is 5.21. The van der Waals surface area contributed by atoms with Crippen molar-refractivity contribution in [2.24, 2.45) is 13.0 Å². The number of rotatable bonds is 6. The maximum atomic E-state index is 14.5. The molecule has 2 fully saturated rings. The molecule has 180 valence electrons. The standard InChI is InChI=1S/C23H30F2N4O3S/c1-16-27-20(14-28(16)2)33(31,32)29-12-8-17(9-13-29)22(30)26-15-23(10-3-4-11-23)21-18(24)6-5-7-19(21)25/h5-7,14,17H,3-4,8-13,15H2,1-2H3,(H,26,30). The first kappa shape index (κ1) is 23.8. The van der Waals surface area contributed by atoms with Crippen LogP contribution >= 0.6 is 0 Å². The summed E-state index contributed by atoms with van der Waals surface area (Å²) in [6.45, 7) is 2.36. The third kappa shape index (κ3) is 4.55. The van der Waals surface area contributed by atoms with Gasteiger partial charge in [-0.2, -0.15) is 4.31 Å². The summed E-state index contributed by atoms with van der Waals surface area (Å²) < 4.78 is 57.8. The monoisotopic (exact) mass is 480 g/mol. The summed E-state index contributed by atoms with van der Waals surface area (Å²) in [5, 5.41) is 2.94. The molecule has 4 rings (SSSR count). The number of nitrogens with one attached hydrogen (secondary N) is 1. The number of halogens is 2. The van der Waals surface area contributed by atoms with E-state index in [-0.39, 0.29) is 42.0 Å². The summed E-state index contributed by atoms with van der Waals surface area (Å²) in [5.74, 6) is -1.08. The zero-order valence-corrected chi connectivity index (χ0v) is 19.8. The van der Waals surface area contributed by atoms with E-state index in [4.69, 9.17) is 0 Å². The topological polar surface area (TPSA) is 84.3 Å². The summed E-state index contributed by atoms with van der Waals surface area (Å²) >= 11 is 0. The van der Waals surface area contributed by atoms with E-state index >= 15 is 0 Å². The van der Waals surface area contributed by atoms with Gasteiger partial charge in [-0.25, -0.2) is 22.2 Å². The predicted octanol–water partition coefficient (Wildman–Crippen LogP) is 3.04. The van der Waals surface area contributed by atoms with Gasteiger partial charge in [0, 0.05) is 49.8 Å². The minimum atomic E-state index is -3.71. The molecule has 1 aromatic carbocycles. The van der Waals surface area contributed by atoms with Gasteiger partial charge in [-0.3, -0.25) is 4.79 Å². The quantitative estimate of drug-likeness (QED) is 0.689. The van der Waals surface area contributed by atoms with Gasteiger partial charge in [0.2, 0.25) is 5.91 Å². The Bertz CT molecular complexity index is 1090. The second-order valence-corrected chi connectivity index (χ2v) is 11.1. The molecule has 0 unspecified atom stereocenters. The minimum absolute atomic E-state index is 0.0143. The first-order chi connectivity index (χ1) is 15.6. The highest BCUT2D eigenvalue weighted by atomic mass is 32.2. The van der Waals surface area contributed by atoms with Gasteiger partial charge >= 0.3 is 0 Å². The first-order valence-electron chi connectivity index (χ1n) is 11.4. The third-order valence-electron chi connectivity index (χ3n) is 7.17. The van der Waals surface area contributed by atoms with E-state index in [0.29, 0.717) is 31.5 Å². The number of imidazole rings is 1. The zero-order valence-electron chi connectivity index (χ0n) is 19.0. The van der Waals surface area contributed by atoms with Gasteiger partial charge < -0.3 is 9.88 Å². The van der Waals surface area contributed by atoms with E-state index in [9.17, 15) is 22.0 Å². The number of carbonyl (C=O) groups is 1. The average molecular weight is 481 g/mol. The van der Waals surface area contributed by atoms with Crippen LogP contribution in [0.1, 0.15) is 49.9 Å². The van der Waals surface area contributed by atoms with Gasteiger partial charge in [-0.05, 0) is 44.7 Å². The molecule has 1 saturated heterocycles. The van der Waals surface area contributed by atoms with Gasteiger partial charge in [0.25, 0.3) is 10.0 Å². The molecule has 7 nitrogen and oxygen atoms in total. The van der Waals surface area contributed by atoms with Gasteiger partial charge in [0.1, 0.15) is 17.5 Å². The normalized spacial score (nSPS) is 19.6. The van der Waals surface area contributed by atoms with Gasteiger partial charge in [-0.15, -0.1) is 0 Å². The molecule has 1 saturated carbocycles. The van der Waals surface area contributed by atoms with Crippen molar-refractivity contribution in [1.29, 1.82) is 0 Å². The molecule has 0 spiro atoms. The van der Waals surface area contributed by atoms with Crippen LogP contribution in [-0.2, 0) is 27.3 Å². The highest BCUT2D eigenvalue weighted by Crippen LogP contribution is 2.43. The Morgan fingerprint density at radius 2 is 1.79 bits per heavy atom. The van der Waals surface area contributed by atoms with Crippen LogP contribution in [0.15, 0.2) is 29.4 Å². The molecule has 33 heavy (non-hydrogen) atoms. The van der Waals surface area contributed by atoms with Gasteiger partial charge in [0.05, 0.1) is 0 Å². The molecule has 1 amide bonds. The molecule has 1 aliphatic carbocycles. The molecule has 2 aromatic rings. The van der Waals surface area contributed by atoms with E-state index in [1.807, 2.05) is 0 Å². The van der Waals surface area contributed by atoms with Crippen molar-refractivity contribution in [3.8, 4) is 0 Å². The Kier molecular flexibility index (Phi) is 6.59. The van der Waals surface area contributed by atoms with Crippen molar-refractivity contribution < 1.29 is 22.0 Å². The number of hydrogen-bond acceptors (Lipinski definition) is 4. The van der Waals surface area contributed by atoms with Gasteiger partial charge in [-0.1, -0.05) is 18.9 Å². The number of aryl methyl sites for hydroxylation is 2. The van der Waals surface area contributed by atoms with E-state index in [1.54, 1.807) is 18.5 Å². The number of piperidine rings is 1. The van der Waals surface area contributed by atoms with Crippen molar-refractivity contribution in [3.05, 3.63) is 47.4 Å². The third-order valence-corrected chi connectivity index (χ3v) is 8.94. The lowest BCUT2D eigenvalue weighted by Gasteiger charge is -2.33. The molecule has 2 aliphatic rings. The molecular formula is C23H30F2N4O3S. The molecule has 1 N–H and O–H groups in total. The lowest BCUT2D eigenvalue weighted by Crippen LogP contribution is -2.46. The van der Waals surface area contributed by atoms with Crippen LogP contribution in [0, 0.1) is 24.5 Å². The number of hydrogen-bond donors (Lipinski definition) is 1. The van der Waals surface area contributed by atoms with E-state index in [0.717, 1.165) is 12.8 Å². The van der Waals surface area contributed by atoms with Crippen LogP contribution in [0.4, 0.5) is 8.78 Å². The molecule has 1 aliphatic heterocycles. The molecule has 0 bridgehead atoms. The predicted molar refractivity (Wildman–Crippen MR) is 119 cm³/mol. The fourth-order valence-corrected chi connectivity index (χ4v) is 6.61. The van der Waals surface area contributed by atoms with Crippen molar-refractivity contribution in [2.75, 3.05) is 19.6 Å². The van der Waals surface area contributed by atoms with E-state index in [2.05, 4.69) is 10.3 Å². The second-order valence-electron chi connectivity index (χ2n) is 9.22. The number of aromatic nitrogens is 2. The minimum Gasteiger partial charge on any atom is -0.355 e. The van der Waals surface area contributed by atoms with E-state index < -0.39 is 27.1 Å². The molecule has 2 heterocycles. The van der Waals surface area contributed by atoms with Crippen molar-refractivity contribution in [3.63, 3.8) is 0 Å². The summed E-state index contributed by atoms with van der Waals surface area (Å²) in [5.41, 5.74) is -0.680. The lowest BCUT2D eigenvalue weighted by atomic mass is 9.78. The fraction of sp³-hybridized carbons (Fsp3) is 0.565.